The molecule has 0 saturated heterocycles. The predicted octanol–water partition coefficient (Wildman–Crippen LogP) is 4.61. The Morgan fingerprint density at radius 1 is 1.33 bits per heavy atom. The maximum atomic E-state index is 6.02. The first-order valence-corrected chi connectivity index (χ1v) is 8.22. The third kappa shape index (κ3) is 4.05. The van der Waals surface area contributed by atoms with E-state index >= 15 is 0 Å². The van der Waals surface area contributed by atoms with E-state index in [9.17, 15) is 0 Å². The number of halogens is 1. The summed E-state index contributed by atoms with van der Waals surface area (Å²) in [5.41, 5.74) is 1.40. The summed E-state index contributed by atoms with van der Waals surface area (Å²) in [5.74, 6) is 0. The topological polar surface area (TPSA) is 21.3 Å². The van der Waals surface area contributed by atoms with Crippen molar-refractivity contribution in [3.05, 3.63) is 20.8 Å². The van der Waals surface area contributed by atoms with Crippen molar-refractivity contribution in [3.63, 3.8) is 0 Å². The van der Waals surface area contributed by atoms with Crippen LogP contribution in [0.25, 0.3) is 0 Å². The van der Waals surface area contributed by atoms with Gasteiger partial charge in [-0.05, 0) is 45.8 Å². The van der Waals surface area contributed by atoms with Crippen molar-refractivity contribution in [3.8, 4) is 0 Å². The summed E-state index contributed by atoms with van der Waals surface area (Å²) in [6, 6.07) is 0.232. The summed E-state index contributed by atoms with van der Waals surface area (Å²) in [5, 5.41) is 7.90. The first kappa shape index (κ1) is 16.2. The predicted molar refractivity (Wildman–Crippen MR) is 83.3 cm³/mol. The molecule has 4 heteroatoms. The van der Waals surface area contributed by atoms with Crippen molar-refractivity contribution in [1.82, 2.24) is 5.32 Å². The molecule has 0 aliphatic heterocycles. The van der Waals surface area contributed by atoms with Gasteiger partial charge in [-0.1, -0.05) is 27.7 Å². The summed E-state index contributed by atoms with van der Waals surface area (Å²) >= 11 is 5.36. The summed E-state index contributed by atoms with van der Waals surface area (Å²) in [6.45, 7) is 12.6. The molecule has 2 nitrogen and oxygen atoms in total. The summed E-state index contributed by atoms with van der Waals surface area (Å²) in [6.07, 6.45) is 0.161. The van der Waals surface area contributed by atoms with E-state index in [0.717, 1.165) is 13.2 Å². The van der Waals surface area contributed by atoms with E-state index in [-0.39, 0.29) is 17.6 Å². The summed E-state index contributed by atoms with van der Waals surface area (Å²) < 4.78 is 7.19. The number of hydrogen-bond acceptors (Lipinski definition) is 3. The second kappa shape index (κ2) is 7.04. The Bertz CT molecular complexity index is 359. The maximum absolute atomic E-state index is 6.02. The molecule has 0 bridgehead atoms. The minimum atomic E-state index is 0.101. The Hall–Kier alpha value is 0.1000. The molecular weight excluding hydrogens is 310 g/mol. The van der Waals surface area contributed by atoms with Crippen LogP contribution in [0.2, 0.25) is 0 Å². The Morgan fingerprint density at radius 2 is 2.00 bits per heavy atom. The molecule has 0 aliphatic rings. The average Bonchev–Trinajstić information content (AvgIpc) is 2.68. The van der Waals surface area contributed by atoms with Gasteiger partial charge in [0.2, 0.25) is 0 Å². The highest BCUT2D eigenvalue weighted by molar-refractivity contribution is 9.10. The molecule has 1 aromatic heterocycles. The molecule has 18 heavy (non-hydrogen) atoms. The average molecular weight is 334 g/mol. The van der Waals surface area contributed by atoms with Crippen molar-refractivity contribution in [2.75, 3.05) is 13.2 Å². The first-order valence-electron chi connectivity index (χ1n) is 6.48. The smallest absolute Gasteiger partial charge is 0.0818 e. The van der Waals surface area contributed by atoms with Gasteiger partial charge in [-0.3, -0.25) is 0 Å². The van der Waals surface area contributed by atoms with Crippen molar-refractivity contribution in [1.29, 1.82) is 0 Å². The molecule has 2 unspecified atom stereocenters. The second-order valence-electron chi connectivity index (χ2n) is 5.45. The zero-order valence-corrected chi connectivity index (χ0v) is 14.3. The van der Waals surface area contributed by atoms with Gasteiger partial charge in [0.05, 0.1) is 12.1 Å². The fourth-order valence-electron chi connectivity index (χ4n) is 2.14. The van der Waals surface area contributed by atoms with Gasteiger partial charge in [0.15, 0.2) is 0 Å². The van der Waals surface area contributed by atoms with E-state index in [2.05, 4.69) is 66.6 Å². The van der Waals surface area contributed by atoms with Crippen molar-refractivity contribution < 1.29 is 4.74 Å². The molecule has 1 heterocycles. The largest absolute Gasteiger partial charge is 0.376 e. The number of rotatable bonds is 6. The van der Waals surface area contributed by atoms with Crippen LogP contribution in [0.1, 0.15) is 46.2 Å². The molecule has 0 radical (unpaired) electrons. The number of hydrogen-bond donors (Lipinski definition) is 1. The molecule has 0 spiro atoms. The van der Waals surface area contributed by atoms with Gasteiger partial charge in [0.1, 0.15) is 0 Å². The Morgan fingerprint density at radius 3 is 2.39 bits per heavy atom. The number of ether oxygens (including phenoxy) is 1. The standard InChI is InChI=1S/C14H24BrNOS/c1-6-16-12(10-8-18-9-11(10)15)13(17-7-2)14(3,4)5/h8-9,12-13,16H,6-7H2,1-5H3. The fraction of sp³-hybridized carbons (Fsp3) is 0.714. The van der Waals surface area contributed by atoms with Gasteiger partial charge in [0.25, 0.3) is 0 Å². The zero-order chi connectivity index (χ0) is 13.8. The molecule has 2 atom stereocenters. The number of thiophene rings is 1. The quantitative estimate of drug-likeness (QED) is 0.820. The Labute approximate surface area is 123 Å². The lowest BCUT2D eigenvalue weighted by molar-refractivity contribution is -0.0363. The lowest BCUT2D eigenvalue weighted by Gasteiger charge is -2.37. The Balaban J connectivity index is 3.05. The van der Waals surface area contributed by atoms with Gasteiger partial charge < -0.3 is 10.1 Å². The molecule has 0 aliphatic carbocycles. The fourth-order valence-corrected chi connectivity index (χ4v) is 3.72. The van der Waals surface area contributed by atoms with Crippen LogP contribution in [0.4, 0.5) is 0 Å². The van der Waals surface area contributed by atoms with Crippen LogP contribution >= 0.6 is 27.3 Å². The summed E-state index contributed by atoms with van der Waals surface area (Å²) in [4.78, 5) is 0. The van der Waals surface area contributed by atoms with Gasteiger partial charge in [-0.25, -0.2) is 0 Å². The van der Waals surface area contributed by atoms with Gasteiger partial charge in [-0.2, -0.15) is 11.3 Å². The lowest BCUT2D eigenvalue weighted by Crippen LogP contribution is -2.42. The van der Waals surface area contributed by atoms with Crippen molar-refractivity contribution in [2.24, 2.45) is 5.41 Å². The third-order valence-electron chi connectivity index (χ3n) is 2.90. The zero-order valence-electron chi connectivity index (χ0n) is 11.9. The molecular formula is C14H24BrNOS. The van der Waals surface area contributed by atoms with Gasteiger partial charge in [0, 0.05) is 16.5 Å². The van der Waals surface area contributed by atoms with Crippen molar-refractivity contribution in [2.45, 2.75) is 46.8 Å². The molecule has 1 aromatic rings. The third-order valence-corrected chi connectivity index (χ3v) is 4.66. The Kier molecular flexibility index (Phi) is 6.31. The molecule has 0 fully saturated rings. The van der Waals surface area contributed by atoms with Crippen LogP contribution < -0.4 is 5.32 Å². The molecule has 0 saturated carbocycles. The molecule has 1 rings (SSSR count). The molecule has 0 aromatic carbocycles. The van der Waals surface area contributed by atoms with Gasteiger partial charge in [-0.15, -0.1) is 0 Å². The van der Waals surface area contributed by atoms with E-state index < -0.39 is 0 Å². The van der Waals surface area contributed by atoms with Crippen LogP contribution in [0.5, 0.6) is 0 Å². The molecule has 0 amide bonds. The van der Waals surface area contributed by atoms with E-state index in [0.29, 0.717) is 0 Å². The van der Waals surface area contributed by atoms with Crippen molar-refractivity contribution >= 4 is 27.3 Å². The summed E-state index contributed by atoms with van der Waals surface area (Å²) in [7, 11) is 0. The monoisotopic (exact) mass is 333 g/mol. The maximum Gasteiger partial charge on any atom is 0.0818 e. The highest BCUT2D eigenvalue weighted by Crippen LogP contribution is 2.37. The van der Waals surface area contributed by atoms with Crippen LogP contribution in [0.3, 0.4) is 0 Å². The lowest BCUT2D eigenvalue weighted by atomic mass is 9.82. The minimum absolute atomic E-state index is 0.101. The van der Waals surface area contributed by atoms with Gasteiger partial charge >= 0.3 is 0 Å². The molecule has 1 N–H and O–H groups in total. The van der Waals surface area contributed by atoms with Crippen LogP contribution in [0, 0.1) is 5.41 Å². The highest BCUT2D eigenvalue weighted by atomic mass is 79.9. The number of likely N-dealkylation sites (N-methyl/N-ethyl adjacent to an activating group) is 1. The SMILES string of the molecule is CCNC(c1cscc1Br)C(OCC)C(C)(C)C. The van der Waals surface area contributed by atoms with E-state index in [1.165, 1.54) is 10.0 Å². The van der Waals surface area contributed by atoms with Crippen LogP contribution in [0.15, 0.2) is 15.2 Å². The second-order valence-corrected chi connectivity index (χ2v) is 7.05. The first-order chi connectivity index (χ1) is 8.41. The van der Waals surface area contributed by atoms with Crippen LogP contribution in [-0.2, 0) is 4.74 Å². The van der Waals surface area contributed by atoms with Crippen LogP contribution in [-0.4, -0.2) is 19.3 Å². The minimum Gasteiger partial charge on any atom is -0.376 e. The van der Waals surface area contributed by atoms with E-state index in [1.54, 1.807) is 11.3 Å². The number of nitrogens with one attached hydrogen (secondary N) is 1. The highest BCUT2D eigenvalue weighted by Gasteiger charge is 2.34. The molecule has 104 valence electrons. The normalized spacial score (nSPS) is 15.7. The van der Waals surface area contributed by atoms with E-state index in [1.807, 2.05) is 0 Å². The van der Waals surface area contributed by atoms with E-state index in [4.69, 9.17) is 4.74 Å².